The van der Waals surface area contributed by atoms with Crippen molar-refractivity contribution >= 4 is 34.1 Å². The molecule has 0 fully saturated rings. The molecule has 0 spiro atoms. The van der Waals surface area contributed by atoms with Gasteiger partial charge in [0.15, 0.2) is 11.5 Å². The van der Waals surface area contributed by atoms with Gasteiger partial charge in [0, 0.05) is 16.3 Å². The zero-order valence-corrected chi connectivity index (χ0v) is 18.7. The lowest BCUT2D eigenvalue weighted by molar-refractivity contribution is 0.0846. The van der Waals surface area contributed by atoms with E-state index in [1.165, 1.54) is 43.1 Å². The molecule has 4 rings (SSSR count). The number of methoxy groups -OCH3 is 3. The van der Waals surface area contributed by atoms with Gasteiger partial charge >= 0.3 is 0 Å². The van der Waals surface area contributed by atoms with Crippen LogP contribution in [0.25, 0.3) is 10.9 Å². The number of carbonyl (C=O) groups excluding carboxylic acids is 2. The number of benzene rings is 1. The van der Waals surface area contributed by atoms with Crippen molar-refractivity contribution in [2.24, 2.45) is 5.92 Å². The van der Waals surface area contributed by atoms with Gasteiger partial charge < -0.3 is 19.2 Å². The molecule has 2 aromatic heterocycles. The highest BCUT2D eigenvalue weighted by Gasteiger charge is 2.22. The molecular weight excluding hydrogens is 418 g/mol. The van der Waals surface area contributed by atoms with E-state index >= 15 is 0 Å². The van der Waals surface area contributed by atoms with Crippen molar-refractivity contribution in [2.75, 3.05) is 21.3 Å². The summed E-state index contributed by atoms with van der Waals surface area (Å²) in [4.78, 5) is 30.1. The van der Waals surface area contributed by atoms with E-state index in [1.54, 1.807) is 12.1 Å². The van der Waals surface area contributed by atoms with E-state index in [0.29, 0.717) is 38.9 Å². The van der Waals surface area contributed by atoms with Gasteiger partial charge in [0.25, 0.3) is 11.8 Å². The van der Waals surface area contributed by atoms with E-state index in [4.69, 9.17) is 14.2 Å². The van der Waals surface area contributed by atoms with Gasteiger partial charge in [-0.15, -0.1) is 11.3 Å². The minimum absolute atomic E-state index is 0.249. The summed E-state index contributed by atoms with van der Waals surface area (Å²) in [5.41, 5.74) is 7.04. The smallest absolute Gasteiger partial charge is 0.286 e. The summed E-state index contributed by atoms with van der Waals surface area (Å²) in [5.74, 6) is 1.29. The first-order chi connectivity index (χ1) is 14.9. The third kappa shape index (κ3) is 3.93. The fourth-order valence-electron chi connectivity index (χ4n) is 3.92. The van der Waals surface area contributed by atoms with E-state index < -0.39 is 5.91 Å². The molecule has 164 valence electrons. The van der Waals surface area contributed by atoms with Gasteiger partial charge in [-0.05, 0) is 42.9 Å². The van der Waals surface area contributed by atoms with E-state index in [2.05, 4.69) is 22.8 Å². The number of hydrogen-bond acceptors (Lipinski definition) is 6. The predicted octanol–water partition coefficient (Wildman–Crippen LogP) is 3.45. The van der Waals surface area contributed by atoms with Gasteiger partial charge in [0.1, 0.15) is 11.4 Å². The van der Waals surface area contributed by atoms with Crippen LogP contribution in [-0.2, 0) is 12.8 Å². The normalized spacial score (nSPS) is 15.3. The average Bonchev–Trinajstić information content (AvgIpc) is 3.40. The molecule has 0 saturated carbocycles. The van der Waals surface area contributed by atoms with Crippen molar-refractivity contribution in [2.45, 2.75) is 26.2 Å². The second kappa shape index (κ2) is 8.50. The number of aryl methyl sites for hydroxylation is 1. The van der Waals surface area contributed by atoms with Crippen LogP contribution in [-0.4, -0.2) is 38.1 Å². The Morgan fingerprint density at radius 2 is 1.77 bits per heavy atom. The maximum Gasteiger partial charge on any atom is 0.286 e. The number of ether oxygens (including phenoxy) is 3. The van der Waals surface area contributed by atoms with Crippen molar-refractivity contribution in [3.8, 4) is 17.2 Å². The van der Waals surface area contributed by atoms with Gasteiger partial charge in [-0.3, -0.25) is 20.4 Å². The highest BCUT2D eigenvalue weighted by atomic mass is 32.1. The van der Waals surface area contributed by atoms with Crippen molar-refractivity contribution in [1.29, 1.82) is 0 Å². The Bertz CT molecular complexity index is 1150. The number of rotatable bonds is 5. The summed E-state index contributed by atoms with van der Waals surface area (Å²) in [6.45, 7) is 2.22. The maximum absolute atomic E-state index is 12.7. The third-order valence-corrected chi connectivity index (χ3v) is 6.76. The number of hydrazine groups is 1. The Balaban J connectivity index is 1.52. The molecule has 0 radical (unpaired) electrons. The molecule has 8 nitrogen and oxygen atoms in total. The van der Waals surface area contributed by atoms with Crippen LogP contribution in [0.3, 0.4) is 0 Å². The van der Waals surface area contributed by atoms with Crippen molar-refractivity contribution < 1.29 is 23.8 Å². The molecule has 2 heterocycles. The number of thiophene rings is 1. The van der Waals surface area contributed by atoms with Crippen LogP contribution in [0.15, 0.2) is 18.2 Å². The molecule has 1 unspecified atom stereocenters. The standard InChI is InChI=1S/C22H25N3O5S/c1-11-5-6-17-12(7-11)8-18(31-17)22(27)25-24-21(26)14-9-13-15(28-2)10-16(29-3)20(30-4)19(13)23-14/h8-11,23H,5-7H2,1-4H3,(H,24,26)(H,25,27). The molecule has 3 aromatic rings. The SMILES string of the molecule is COc1cc(OC)c2cc(C(=O)NNC(=O)c3cc4c(s3)CCC(C)C4)[nH]c2c1OC. The van der Waals surface area contributed by atoms with Crippen LogP contribution >= 0.6 is 11.3 Å². The minimum atomic E-state index is -0.484. The first-order valence-corrected chi connectivity index (χ1v) is 10.8. The Morgan fingerprint density at radius 3 is 2.48 bits per heavy atom. The molecule has 0 aliphatic heterocycles. The van der Waals surface area contributed by atoms with Crippen LogP contribution < -0.4 is 25.1 Å². The minimum Gasteiger partial charge on any atom is -0.496 e. The summed E-state index contributed by atoms with van der Waals surface area (Å²) in [6.07, 6.45) is 3.14. The molecule has 1 atom stereocenters. The number of nitrogens with one attached hydrogen (secondary N) is 3. The summed E-state index contributed by atoms with van der Waals surface area (Å²) in [7, 11) is 4.58. The van der Waals surface area contributed by atoms with E-state index in [-0.39, 0.29) is 11.6 Å². The number of carbonyl (C=O) groups is 2. The molecule has 0 saturated heterocycles. The van der Waals surface area contributed by atoms with Gasteiger partial charge in [0.05, 0.1) is 31.7 Å². The van der Waals surface area contributed by atoms with E-state index in [9.17, 15) is 9.59 Å². The summed E-state index contributed by atoms with van der Waals surface area (Å²) in [5, 5.41) is 0.664. The van der Waals surface area contributed by atoms with Gasteiger partial charge in [-0.25, -0.2) is 0 Å². The van der Waals surface area contributed by atoms with Gasteiger partial charge in [-0.2, -0.15) is 0 Å². The Hall–Kier alpha value is -3.20. The molecule has 1 aliphatic carbocycles. The van der Waals surface area contributed by atoms with Crippen LogP contribution in [0.1, 0.15) is 43.9 Å². The molecule has 1 aliphatic rings. The fraction of sp³-hybridized carbons (Fsp3) is 0.364. The Labute approximate surface area is 183 Å². The lowest BCUT2D eigenvalue weighted by Gasteiger charge is -2.16. The molecule has 0 bridgehead atoms. The summed E-state index contributed by atoms with van der Waals surface area (Å²) >= 11 is 1.49. The van der Waals surface area contributed by atoms with E-state index in [0.717, 1.165) is 19.3 Å². The number of H-pyrrole nitrogens is 1. The highest BCUT2D eigenvalue weighted by molar-refractivity contribution is 7.14. The van der Waals surface area contributed by atoms with E-state index in [1.807, 2.05) is 6.07 Å². The predicted molar refractivity (Wildman–Crippen MR) is 118 cm³/mol. The number of aromatic nitrogens is 1. The second-order valence-electron chi connectivity index (χ2n) is 7.60. The van der Waals surface area contributed by atoms with Crippen LogP contribution in [0.4, 0.5) is 0 Å². The molecule has 1 aromatic carbocycles. The molecule has 31 heavy (non-hydrogen) atoms. The number of fused-ring (bicyclic) bond motifs is 2. The molecule has 3 N–H and O–H groups in total. The summed E-state index contributed by atoms with van der Waals surface area (Å²) < 4.78 is 16.2. The average molecular weight is 444 g/mol. The van der Waals surface area contributed by atoms with Crippen molar-refractivity contribution in [3.63, 3.8) is 0 Å². The van der Waals surface area contributed by atoms with Crippen LogP contribution in [0.5, 0.6) is 17.2 Å². The van der Waals surface area contributed by atoms with Gasteiger partial charge in [0.2, 0.25) is 0 Å². The fourth-order valence-corrected chi connectivity index (χ4v) is 5.02. The monoisotopic (exact) mass is 443 g/mol. The number of amides is 2. The van der Waals surface area contributed by atoms with Gasteiger partial charge in [-0.1, -0.05) is 6.92 Å². The molecule has 9 heteroatoms. The molecular formula is C22H25N3O5S. The number of hydrogen-bond donors (Lipinski definition) is 3. The third-order valence-electron chi connectivity index (χ3n) is 5.53. The maximum atomic E-state index is 12.7. The highest BCUT2D eigenvalue weighted by Crippen LogP contribution is 2.41. The quantitative estimate of drug-likeness (QED) is 0.524. The lowest BCUT2D eigenvalue weighted by atomic mass is 9.90. The zero-order valence-electron chi connectivity index (χ0n) is 17.9. The first-order valence-electron chi connectivity index (χ1n) is 9.99. The van der Waals surface area contributed by atoms with Crippen molar-refractivity contribution in [1.82, 2.24) is 15.8 Å². The Morgan fingerprint density at radius 1 is 1.03 bits per heavy atom. The van der Waals surface area contributed by atoms with Crippen LogP contribution in [0, 0.1) is 5.92 Å². The zero-order chi connectivity index (χ0) is 22.1. The van der Waals surface area contributed by atoms with Crippen LogP contribution in [0.2, 0.25) is 0 Å². The largest absolute Gasteiger partial charge is 0.496 e. The summed E-state index contributed by atoms with van der Waals surface area (Å²) in [6, 6.07) is 5.27. The molecule has 2 amide bonds. The first kappa shape index (κ1) is 21.0. The lowest BCUT2D eigenvalue weighted by Crippen LogP contribution is -2.41. The topological polar surface area (TPSA) is 102 Å². The second-order valence-corrected chi connectivity index (χ2v) is 8.74. The Kier molecular flexibility index (Phi) is 5.77. The number of aromatic amines is 1. The van der Waals surface area contributed by atoms with Crippen molar-refractivity contribution in [3.05, 3.63) is 39.2 Å².